The zero-order valence-electron chi connectivity index (χ0n) is 72.6. The van der Waals surface area contributed by atoms with Crippen molar-refractivity contribution in [3.05, 3.63) is 179 Å². The van der Waals surface area contributed by atoms with Gasteiger partial charge < -0.3 is 77.3 Å². The number of aliphatic hydroxyl groups is 1. The molecule has 0 aliphatic heterocycles. The molecule has 9 N–H and O–H groups in total. The van der Waals surface area contributed by atoms with E-state index in [1.165, 1.54) is 178 Å². The molecule has 1 atom stereocenters. The van der Waals surface area contributed by atoms with Gasteiger partial charge in [0, 0.05) is 64.6 Å². The average Bonchev–Trinajstić information content (AvgIpc) is 0.875. The number of urea groups is 4. The van der Waals surface area contributed by atoms with Crippen molar-refractivity contribution in [3.63, 3.8) is 0 Å². The molecule has 7 rings (SSSR count). The van der Waals surface area contributed by atoms with Gasteiger partial charge in [-0.3, -0.25) is 0 Å². The van der Waals surface area contributed by atoms with E-state index in [2.05, 4.69) is 80.6 Å². The third-order valence-corrected chi connectivity index (χ3v) is 20.4. The van der Waals surface area contributed by atoms with Gasteiger partial charge in [-0.25, -0.2) is 19.2 Å². The molecule has 628 valence electrons. The van der Waals surface area contributed by atoms with Crippen LogP contribution in [0.15, 0.2) is 146 Å². The Morgan fingerprint density at radius 1 is 0.316 bits per heavy atom. The van der Waals surface area contributed by atoms with E-state index in [-0.39, 0.29) is 106 Å². The minimum Gasteiger partial charge on any atom is -0.550 e. The molecule has 8 amide bonds. The monoisotopic (exact) mass is 1590 g/mol. The van der Waals surface area contributed by atoms with Gasteiger partial charge in [0.15, 0.2) is 0 Å². The van der Waals surface area contributed by atoms with Crippen LogP contribution in [0.3, 0.4) is 0 Å². The van der Waals surface area contributed by atoms with E-state index < -0.39 is 17.9 Å². The molecule has 0 aromatic heterocycles. The average molecular weight is 1590 g/mol. The molecule has 6 aromatic carbocycles. The number of aliphatic carboxylic acids is 3. The molecule has 1 aliphatic rings. The summed E-state index contributed by atoms with van der Waals surface area (Å²) in [5.41, 5.74) is 11.4. The Balaban J connectivity index is 0.000000842. The first-order chi connectivity index (χ1) is 55.3. The van der Waals surface area contributed by atoms with Crippen LogP contribution < -0.4 is 114 Å². The number of unbranched alkanes of at least 4 members (excludes halogenated alkanes) is 29. The number of aryl methyl sites for hydroxylation is 2. The minimum absolute atomic E-state index is 0. The largest absolute Gasteiger partial charge is 1.00 e. The Bertz CT molecular complexity index is 3410. The molecule has 6 aromatic rings. The molecule has 19 nitrogen and oxygen atoms in total. The summed E-state index contributed by atoms with van der Waals surface area (Å²) in [5, 5.41) is 63.3. The molecule has 0 bridgehead atoms. The smallest absolute Gasteiger partial charge is 0.550 e. The van der Waals surface area contributed by atoms with Gasteiger partial charge in [-0.1, -0.05) is 303 Å². The van der Waals surface area contributed by atoms with Gasteiger partial charge in [-0.2, -0.15) is 0 Å². The molecule has 0 saturated heterocycles. The topological polar surface area (TPSA) is 305 Å². The summed E-state index contributed by atoms with van der Waals surface area (Å²) in [4.78, 5) is 79.2. The summed E-state index contributed by atoms with van der Waals surface area (Å²) in [7, 11) is 0. The zero-order chi connectivity index (χ0) is 82.3. The van der Waals surface area contributed by atoms with Crippen LogP contribution in [0.2, 0.25) is 0 Å². The first-order valence-corrected chi connectivity index (χ1v) is 43.4. The predicted molar refractivity (Wildman–Crippen MR) is 463 cm³/mol. The molecule has 1 unspecified atom stereocenters. The van der Waals surface area contributed by atoms with Crippen molar-refractivity contribution in [3.8, 4) is 0 Å². The zero-order valence-corrected chi connectivity index (χ0v) is 72.6. The fourth-order valence-corrected chi connectivity index (χ4v) is 13.5. The van der Waals surface area contributed by atoms with Crippen LogP contribution in [0.1, 0.15) is 323 Å². The SMILES string of the molecule is CCCCCCC(O)CCCCCCCCCCC(=O)[O-].CCCCCCCCCCCCCCCCCCNC(=O)Nc1ccc(Cc2ccc(NC(=O)NC3CCCCC3)cc2)cc1.Cc1ccc(NC(=O)Nc2ccc(Cc3ccc(NC(=O)Nc4ccc(C)cc4)cc3)cc2)cc1.O=C([O-])CCCCCCCC(=O)[O-].[Li+].[Li+].[Li+]. The van der Waals surface area contributed by atoms with Gasteiger partial charge >= 0.3 is 80.7 Å². The summed E-state index contributed by atoms with van der Waals surface area (Å²) < 4.78 is 0. The Labute approximate surface area is 738 Å². The minimum atomic E-state index is -1.02. The molecule has 0 radical (unpaired) electrons. The number of aliphatic hydroxyl groups excluding tert-OH is 1. The van der Waals surface area contributed by atoms with E-state index in [1.54, 1.807) is 0 Å². The maximum atomic E-state index is 12.3. The molecule has 0 spiro atoms. The van der Waals surface area contributed by atoms with E-state index in [1.807, 2.05) is 135 Å². The van der Waals surface area contributed by atoms with Crippen molar-refractivity contribution in [2.24, 2.45) is 0 Å². The van der Waals surface area contributed by atoms with E-state index in [4.69, 9.17) is 0 Å². The van der Waals surface area contributed by atoms with E-state index in [0.717, 1.165) is 153 Å². The summed E-state index contributed by atoms with van der Waals surface area (Å²) in [6.07, 6.45) is 48.9. The van der Waals surface area contributed by atoms with E-state index in [0.29, 0.717) is 18.9 Å². The number of hydrogen-bond acceptors (Lipinski definition) is 11. The second kappa shape index (κ2) is 70.4. The number of carboxylic acids is 3. The Hall–Kier alpha value is -7.44. The molecular weight excluding hydrogens is 1450 g/mol. The normalized spacial score (nSPS) is 11.6. The number of hydrogen-bond donors (Lipinski definition) is 9. The van der Waals surface area contributed by atoms with Crippen molar-refractivity contribution < 1.29 is 111 Å². The maximum Gasteiger partial charge on any atom is 1.00 e. The van der Waals surface area contributed by atoms with Crippen LogP contribution in [0.5, 0.6) is 0 Å². The number of benzene rings is 6. The number of rotatable bonds is 52. The fourth-order valence-electron chi connectivity index (χ4n) is 13.5. The van der Waals surface area contributed by atoms with Gasteiger partial charge in [-0.15, -0.1) is 0 Å². The van der Waals surface area contributed by atoms with Crippen LogP contribution in [-0.4, -0.2) is 65.8 Å². The second-order valence-corrected chi connectivity index (χ2v) is 30.9. The first kappa shape index (κ1) is 108. The number of carboxylic acid groups (broad SMARTS) is 3. The number of amides is 8. The number of anilines is 6. The van der Waals surface area contributed by atoms with Gasteiger partial charge in [-0.05, 0) is 192 Å². The third kappa shape index (κ3) is 59.0. The quantitative estimate of drug-likeness (QED) is 0.0128. The molecule has 1 fully saturated rings. The van der Waals surface area contributed by atoms with Crippen molar-refractivity contribution >= 4 is 76.2 Å². The summed E-state index contributed by atoms with van der Waals surface area (Å²) in [6.45, 7) is 9.21. The van der Waals surface area contributed by atoms with Crippen LogP contribution in [0, 0.1) is 13.8 Å². The molecular formula is C95H139Li3N8O11. The Morgan fingerprint density at radius 2 is 0.556 bits per heavy atom. The third-order valence-electron chi connectivity index (χ3n) is 20.4. The van der Waals surface area contributed by atoms with Crippen LogP contribution >= 0.6 is 0 Å². The standard InChI is InChI=1S/C39H62N4O2.C29H28N4O2.C18H36O3.C9H16O4.3Li/c1-2-3-4-5-6-7-8-9-10-11-12-13-14-15-16-20-31-40-38(44)41-36-27-23-33(24-28-36)32-34-25-29-37(30-26-34)43-39(45)42-35-21-18-17-19-22-35;1-20-3-11-24(12-4-20)30-28(34)32-26-15-7-22(8-16-26)19-23-9-17-27(18-10-23)33-29(35)31-25-13-5-21(2)6-14-25;1-2-3-4-11-14-17(19)15-12-9-7-5-6-8-10-13-16-18(20)21;10-8(11)6-4-2-1-3-5-7-9(12)13;;;/h23-30,35H,2-22,31-32H2,1H3,(H2,40,41,44)(H2,42,43,45);3-18H,19H2,1-2H3,(H2,30,32,34)(H2,31,33,35);17,19H,2-16H2,1H3,(H,20,21);1-7H2,(H,10,11)(H,12,13);;;/q;;;;3*+1/p-3. The molecule has 117 heavy (non-hydrogen) atoms. The number of carbonyl (C=O) groups excluding carboxylic acids is 7. The van der Waals surface area contributed by atoms with Gasteiger partial charge in [0.05, 0.1) is 6.10 Å². The predicted octanol–water partition coefficient (Wildman–Crippen LogP) is 12.5. The molecule has 0 heterocycles. The van der Waals surface area contributed by atoms with Crippen molar-refractivity contribution in [1.29, 1.82) is 0 Å². The van der Waals surface area contributed by atoms with Gasteiger partial charge in [0.25, 0.3) is 0 Å². The van der Waals surface area contributed by atoms with E-state index in [9.17, 15) is 54.0 Å². The fraction of sp³-hybridized carbons (Fsp3) is 0.547. The van der Waals surface area contributed by atoms with Gasteiger partial charge in [0.2, 0.25) is 0 Å². The van der Waals surface area contributed by atoms with Crippen LogP contribution in [-0.2, 0) is 27.2 Å². The van der Waals surface area contributed by atoms with Crippen molar-refractivity contribution in [2.75, 3.05) is 38.4 Å². The summed E-state index contributed by atoms with van der Waals surface area (Å²) in [6, 6.07) is 46.3. The number of nitrogens with one attached hydrogen (secondary N) is 8. The summed E-state index contributed by atoms with van der Waals surface area (Å²) in [5.74, 6) is -2.97. The van der Waals surface area contributed by atoms with Crippen LogP contribution in [0.4, 0.5) is 53.3 Å². The van der Waals surface area contributed by atoms with Crippen molar-refractivity contribution in [2.45, 2.75) is 329 Å². The molecule has 1 saturated carbocycles. The van der Waals surface area contributed by atoms with Gasteiger partial charge in [0.1, 0.15) is 0 Å². The first-order valence-electron chi connectivity index (χ1n) is 43.4. The van der Waals surface area contributed by atoms with Crippen LogP contribution in [0.25, 0.3) is 0 Å². The molecule has 1 aliphatic carbocycles. The maximum absolute atomic E-state index is 12.3. The number of carbonyl (C=O) groups is 7. The van der Waals surface area contributed by atoms with E-state index >= 15 is 0 Å². The second-order valence-electron chi connectivity index (χ2n) is 30.9. The van der Waals surface area contributed by atoms with Crippen molar-refractivity contribution in [1.82, 2.24) is 10.6 Å². The Kier molecular flexibility index (Phi) is 64.7. The molecule has 22 heteroatoms. The Morgan fingerprint density at radius 3 is 0.846 bits per heavy atom. The summed E-state index contributed by atoms with van der Waals surface area (Å²) >= 11 is 0.